The standard InChI is InChI=1S/C19H30O5/c1-11(20)22-10-13-6-7-15-14(13)8-16-17(23-12(2)21)9-19(15,5)24-18(16,3)4/h13-17H,6-10H2,1-5H3/t13-,14+,15?,16-,17+,19-/m0/s1. The number of hydrogen-bond acceptors (Lipinski definition) is 5. The van der Waals surface area contributed by atoms with Crippen LogP contribution in [0.25, 0.3) is 0 Å². The minimum Gasteiger partial charge on any atom is -0.466 e. The SMILES string of the molecule is CC(=O)OC[C@@H]1CCC2[C@@H]1C[C@H]1[C@H](OC(C)=O)C[C@]2(C)OC1(C)C. The van der Waals surface area contributed by atoms with Gasteiger partial charge in [-0.3, -0.25) is 9.59 Å². The van der Waals surface area contributed by atoms with E-state index < -0.39 is 0 Å². The lowest BCUT2D eigenvalue weighted by atomic mass is 9.76. The van der Waals surface area contributed by atoms with Crippen LogP contribution in [0.3, 0.4) is 0 Å². The molecule has 0 amide bonds. The Hall–Kier alpha value is -1.10. The fourth-order valence-electron chi connectivity index (χ4n) is 5.70. The molecule has 0 N–H and O–H groups in total. The van der Waals surface area contributed by atoms with Crippen LogP contribution >= 0.6 is 0 Å². The zero-order chi connectivity index (χ0) is 17.7. The summed E-state index contributed by atoms with van der Waals surface area (Å²) in [6.45, 7) is 9.87. The van der Waals surface area contributed by atoms with E-state index in [4.69, 9.17) is 14.2 Å². The Morgan fingerprint density at radius 2 is 1.79 bits per heavy atom. The molecule has 0 aromatic rings. The summed E-state index contributed by atoms with van der Waals surface area (Å²) in [5.41, 5.74) is -0.601. The number of fused-ring (bicyclic) bond motifs is 2. The van der Waals surface area contributed by atoms with E-state index in [0.717, 1.165) is 25.7 Å². The average molecular weight is 338 g/mol. The van der Waals surface area contributed by atoms with Gasteiger partial charge in [0.2, 0.25) is 0 Å². The quantitative estimate of drug-likeness (QED) is 0.740. The van der Waals surface area contributed by atoms with E-state index in [-0.39, 0.29) is 35.2 Å². The van der Waals surface area contributed by atoms with Crippen molar-refractivity contribution < 1.29 is 23.8 Å². The van der Waals surface area contributed by atoms with Gasteiger partial charge in [0, 0.05) is 26.2 Å². The molecule has 5 nitrogen and oxygen atoms in total. The highest BCUT2D eigenvalue weighted by molar-refractivity contribution is 5.66. The largest absolute Gasteiger partial charge is 0.466 e. The van der Waals surface area contributed by atoms with Gasteiger partial charge in [-0.05, 0) is 57.8 Å². The molecule has 5 heteroatoms. The lowest BCUT2D eigenvalue weighted by Gasteiger charge is -2.50. The molecule has 2 aliphatic heterocycles. The van der Waals surface area contributed by atoms with Crippen molar-refractivity contribution >= 4 is 11.9 Å². The van der Waals surface area contributed by atoms with Gasteiger partial charge in [0.1, 0.15) is 6.10 Å². The van der Waals surface area contributed by atoms with E-state index in [1.807, 2.05) is 0 Å². The van der Waals surface area contributed by atoms with E-state index in [9.17, 15) is 9.59 Å². The number of carbonyl (C=O) groups is 2. The van der Waals surface area contributed by atoms with Crippen molar-refractivity contribution in [3.63, 3.8) is 0 Å². The monoisotopic (exact) mass is 338 g/mol. The molecule has 1 unspecified atom stereocenters. The van der Waals surface area contributed by atoms with Crippen LogP contribution in [0.1, 0.15) is 60.3 Å². The molecule has 0 aromatic heterocycles. The molecule has 2 saturated carbocycles. The average Bonchev–Trinajstić information content (AvgIpc) is 2.74. The molecule has 4 fully saturated rings. The van der Waals surface area contributed by atoms with E-state index in [0.29, 0.717) is 24.4 Å². The summed E-state index contributed by atoms with van der Waals surface area (Å²) < 4.78 is 17.6. The van der Waals surface area contributed by atoms with E-state index >= 15 is 0 Å². The topological polar surface area (TPSA) is 61.8 Å². The van der Waals surface area contributed by atoms with Gasteiger partial charge in [-0.15, -0.1) is 0 Å². The van der Waals surface area contributed by atoms with Crippen LogP contribution < -0.4 is 0 Å². The predicted octanol–water partition coefficient (Wildman–Crippen LogP) is 3.10. The molecule has 4 rings (SSSR count). The Bertz CT molecular complexity index is 528. The molecular formula is C19H30O5. The molecule has 24 heavy (non-hydrogen) atoms. The number of carbonyl (C=O) groups excluding carboxylic acids is 2. The minimum atomic E-state index is -0.316. The van der Waals surface area contributed by atoms with Gasteiger partial charge in [0.25, 0.3) is 0 Å². The molecule has 2 saturated heterocycles. The van der Waals surface area contributed by atoms with Gasteiger partial charge in [0.15, 0.2) is 0 Å². The molecule has 2 bridgehead atoms. The molecule has 0 radical (unpaired) electrons. The zero-order valence-corrected chi connectivity index (χ0v) is 15.5. The van der Waals surface area contributed by atoms with Crippen molar-refractivity contribution in [1.29, 1.82) is 0 Å². The predicted molar refractivity (Wildman–Crippen MR) is 88.2 cm³/mol. The Morgan fingerprint density at radius 3 is 2.42 bits per heavy atom. The van der Waals surface area contributed by atoms with Crippen LogP contribution in [-0.2, 0) is 23.8 Å². The third-order valence-corrected chi connectivity index (χ3v) is 6.54. The molecule has 0 spiro atoms. The molecule has 6 atom stereocenters. The summed E-state index contributed by atoms with van der Waals surface area (Å²) in [5.74, 6) is 1.03. The lowest BCUT2D eigenvalue weighted by molar-refractivity contribution is -0.236. The van der Waals surface area contributed by atoms with Crippen molar-refractivity contribution in [2.75, 3.05) is 6.61 Å². The van der Waals surface area contributed by atoms with Crippen molar-refractivity contribution in [2.45, 2.75) is 77.6 Å². The Morgan fingerprint density at radius 1 is 1.08 bits per heavy atom. The van der Waals surface area contributed by atoms with Crippen LogP contribution in [-0.4, -0.2) is 35.9 Å². The summed E-state index contributed by atoms with van der Waals surface area (Å²) in [4.78, 5) is 22.8. The summed E-state index contributed by atoms with van der Waals surface area (Å²) >= 11 is 0. The highest BCUT2D eigenvalue weighted by atomic mass is 16.6. The van der Waals surface area contributed by atoms with Crippen LogP contribution in [0.5, 0.6) is 0 Å². The number of hydrogen-bond donors (Lipinski definition) is 0. The molecule has 2 aliphatic carbocycles. The first-order valence-corrected chi connectivity index (χ1v) is 9.13. The van der Waals surface area contributed by atoms with Crippen LogP contribution in [0.15, 0.2) is 0 Å². The molecule has 4 aliphatic rings. The lowest BCUT2D eigenvalue weighted by Crippen LogP contribution is -2.56. The fraction of sp³-hybridized carbons (Fsp3) is 0.895. The Balaban J connectivity index is 1.87. The molecule has 2 heterocycles. The molecular weight excluding hydrogens is 308 g/mol. The van der Waals surface area contributed by atoms with Crippen LogP contribution in [0, 0.1) is 23.7 Å². The second-order valence-corrected chi connectivity index (χ2v) is 8.62. The van der Waals surface area contributed by atoms with Gasteiger partial charge in [-0.1, -0.05) is 0 Å². The smallest absolute Gasteiger partial charge is 0.302 e. The van der Waals surface area contributed by atoms with Gasteiger partial charge in [0.05, 0.1) is 17.8 Å². The normalized spacial score (nSPS) is 43.0. The molecule has 0 aromatic carbocycles. The maximum atomic E-state index is 11.6. The highest BCUT2D eigenvalue weighted by Crippen LogP contribution is 2.59. The van der Waals surface area contributed by atoms with E-state index in [1.165, 1.54) is 13.8 Å². The summed E-state index contributed by atoms with van der Waals surface area (Å²) in [5, 5.41) is 0. The maximum absolute atomic E-state index is 11.6. The summed E-state index contributed by atoms with van der Waals surface area (Å²) in [6, 6.07) is 0. The Kier molecular flexibility index (Phi) is 4.44. The first kappa shape index (κ1) is 17.7. The van der Waals surface area contributed by atoms with Crippen molar-refractivity contribution in [3.8, 4) is 0 Å². The number of rotatable bonds is 3. The Labute approximate surface area is 144 Å². The maximum Gasteiger partial charge on any atom is 0.302 e. The highest BCUT2D eigenvalue weighted by Gasteiger charge is 2.61. The van der Waals surface area contributed by atoms with Gasteiger partial charge in [-0.2, -0.15) is 0 Å². The zero-order valence-electron chi connectivity index (χ0n) is 15.5. The first-order chi connectivity index (χ1) is 11.1. The van der Waals surface area contributed by atoms with Crippen LogP contribution in [0.2, 0.25) is 0 Å². The fourth-order valence-corrected chi connectivity index (χ4v) is 5.70. The second kappa shape index (κ2) is 6.01. The van der Waals surface area contributed by atoms with E-state index in [2.05, 4.69) is 20.8 Å². The van der Waals surface area contributed by atoms with Crippen molar-refractivity contribution in [2.24, 2.45) is 23.7 Å². The number of ether oxygens (including phenoxy) is 3. The van der Waals surface area contributed by atoms with Gasteiger partial charge >= 0.3 is 11.9 Å². The minimum absolute atomic E-state index is 0.0868. The van der Waals surface area contributed by atoms with Crippen molar-refractivity contribution in [3.05, 3.63) is 0 Å². The second-order valence-electron chi connectivity index (χ2n) is 8.62. The van der Waals surface area contributed by atoms with E-state index in [1.54, 1.807) is 0 Å². The number of esters is 2. The first-order valence-electron chi connectivity index (χ1n) is 9.13. The summed E-state index contributed by atoms with van der Waals surface area (Å²) in [7, 11) is 0. The van der Waals surface area contributed by atoms with Crippen LogP contribution in [0.4, 0.5) is 0 Å². The molecule has 136 valence electrons. The third-order valence-electron chi connectivity index (χ3n) is 6.54. The van der Waals surface area contributed by atoms with Gasteiger partial charge < -0.3 is 14.2 Å². The summed E-state index contributed by atoms with van der Waals surface area (Å²) in [6.07, 6.45) is 3.81. The third kappa shape index (κ3) is 3.07. The van der Waals surface area contributed by atoms with Crippen molar-refractivity contribution in [1.82, 2.24) is 0 Å². The van der Waals surface area contributed by atoms with Gasteiger partial charge in [-0.25, -0.2) is 0 Å².